The van der Waals surface area contributed by atoms with Crippen molar-refractivity contribution >= 4 is 44.9 Å². The van der Waals surface area contributed by atoms with Crippen LogP contribution in [-0.4, -0.2) is 9.13 Å². The number of aryl methyl sites for hydroxylation is 2. The average Bonchev–Trinajstić information content (AvgIpc) is 3.00. The summed E-state index contributed by atoms with van der Waals surface area (Å²) in [5, 5.41) is 3.87. The molecule has 0 bridgehead atoms. The lowest BCUT2D eigenvalue weighted by Gasteiger charge is -2.01. The quantitative estimate of drug-likeness (QED) is 0.462. The maximum Gasteiger partial charge on any atom is 0.0496 e. The van der Waals surface area contributed by atoms with Gasteiger partial charge in [0, 0.05) is 58.1 Å². The maximum atomic E-state index is 4.03. The molecule has 0 saturated carbocycles. The monoisotopic (exact) mass is 300 g/mol. The lowest BCUT2D eigenvalue weighted by atomic mass is 10.1. The third-order valence-electron chi connectivity index (χ3n) is 4.85. The van der Waals surface area contributed by atoms with Crippen molar-refractivity contribution < 1.29 is 0 Å². The molecule has 114 valence electrons. The smallest absolute Gasteiger partial charge is 0.0496 e. The first-order valence-corrected chi connectivity index (χ1v) is 7.92. The van der Waals surface area contributed by atoms with Gasteiger partial charge in [0.25, 0.3) is 0 Å². The lowest BCUT2D eigenvalue weighted by Crippen LogP contribution is -1.90. The zero-order chi connectivity index (χ0) is 16.1. The molecule has 4 rings (SSSR count). The predicted octanol–water partition coefficient (Wildman–Crippen LogP) is 5.50. The van der Waals surface area contributed by atoms with Crippen LogP contribution in [0.2, 0.25) is 0 Å². The van der Waals surface area contributed by atoms with Crippen molar-refractivity contribution in [1.29, 1.82) is 0 Å². The summed E-state index contributed by atoms with van der Waals surface area (Å²) in [7, 11) is 4.27. The van der Waals surface area contributed by atoms with Crippen LogP contribution in [0.5, 0.6) is 0 Å². The Bertz CT molecular complexity index is 1100. The number of fused-ring (bicyclic) bond motifs is 4. The topological polar surface area (TPSA) is 9.86 Å². The second kappa shape index (κ2) is 4.88. The molecule has 4 aromatic rings. The summed E-state index contributed by atoms with van der Waals surface area (Å²) in [6.07, 6.45) is 6.20. The molecule has 0 fully saturated rings. The highest BCUT2D eigenvalue weighted by Gasteiger charge is 2.15. The zero-order valence-corrected chi connectivity index (χ0v) is 13.8. The molecule has 0 atom stereocenters. The summed E-state index contributed by atoms with van der Waals surface area (Å²) in [4.78, 5) is 0. The SMILES string of the molecule is C=Cc1c(/C=C\C)n(C)c2cc3c4ccccc4n(C)c3cc12. The highest BCUT2D eigenvalue weighted by molar-refractivity contribution is 6.13. The Labute approximate surface area is 135 Å². The highest BCUT2D eigenvalue weighted by atomic mass is 15.0. The molecule has 0 amide bonds. The molecule has 2 nitrogen and oxygen atoms in total. The van der Waals surface area contributed by atoms with Gasteiger partial charge in [-0.05, 0) is 31.2 Å². The van der Waals surface area contributed by atoms with E-state index in [0.717, 1.165) is 0 Å². The number of para-hydroxylation sites is 1. The van der Waals surface area contributed by atoms with Crippen molar-refractivity contribution in [3.05, 3.63) is 60.3 Å². The standard InChI is InChI=1S/C21H20N2/c1-5-9-18-14(6-2)16-12-21-17(13-20(16)22(18)3)15-10-7-8-11-19(15)23(21)4/h5-13H,2H2,1,3-4H3/b9-5-. The van der Waals surface area contributed by atoms with Crippen molar-refractivity contribution in [3.63, 3.8) is 0 Å². The van der Waals surface area contributed by atoms with Gasteiger partial charge in [-0.25, -0.2) is 0 Å². The maximum absolute atomic E-state index is 4.03. The second-order valence-corrected chi connectivity index (χ2v) is 6.02. The van der Waals surface area contributed by atoms with Gasteiger partial charge in [0.15, 0.2) is 0 Å². The number of nitrogens with zero attached hydrogens (tertiary/aromatic N) is 2. The third-order valence-corrected chi connectivity index (χ3v) is 4.85. The van der Waals surface area contributed by atoms with E-state index in [4.69, 9.17) is 0 Å². The average molecular weight is 300 g/mol. The van der Waals surface area contributed by atoms with E-state index in [9.17, 15) is 0 Å². The van der Waals surface area contributed by atoms with E-state index >= 15 is 0 Å². The van der Waals surface area contributed by atoms with E-state index in [0.29, 0.717) is 0 Å². The molecule has 0 N–H and O–H groups in total. The molecule has 2 aromatic heterocycles. The molecule has 0 aliphatic heterocycles. The van der Waals surface area contributed by atoms with Crippen LogP contribution < -0.4 is 0 Å². The largest absolute Gasteiger partial charge is 0.344 e. The van der Waals surface area contributed by atoms with Crippen LogP contribution in [0.1, 0.15) is 18.2 Å². The number of rotatable bonds is 2. The minimum Gasteiger partial charge on any atom is -0.344 e. The molecule has 0 radical (unpaired) electrons. The predicted molar refractivity (Wildman–Crippen MR) is 102 cm³/mol. The van der Waals surface area contributed by atoms with Gasteiger partial charge in [-0.3, -0.25) is 0 Å². The Morgan fingerprint density at radius 3 is 2.30 bits per heavy atom. The van der Waals surface area contributed by atoms with Gasteiger partial charge in [-0.1, -0.05) is 36.9 Å². The Hall–Kier alpha value is -2.74. The van der Waals surface area contributed by atoms with Gasteiger partial charge < -0.3 is 9.13 Å². The van der Waals surface area contributed by atoms with E-state index in [1.807, 2.05) is 6.08 Å². The van der Waals surface area contributed by atoms with E-state index in [1.54, 1.807) is 0 Å². The first-order chi connectivity index (χ1) is 11.2. The van der Waals surface area contributed by atoms with Crippen LogP contribution in [0.15, 0.2) is 49.1 Å². The van der Waals surface area contributed by atoms with Crippen LogP contribution >= 0.6 is 0 Å². The number of allylic oxidation sites excluding steroid dienone is 1. The second-order valence-electron chi connectivity index (χ2n) is 6.02. The van der Waals surface area contributed by atoms with Crippen molar-refractivity contribution in [2.24, 2.45) is 14.1 Å². The summed E-state index contributed by atoms with van der Waals surface area (Å²) in [5.41, 5.74) is 6.19. The molecule has 0 saturated heterocycles. The summed E-state index contributed by atoms with van der Waals surface area (Å²) < 4.78 is 4.53. The molecule has 0 spiro atoms. The van der Waals surface area contributed by atoms with Crippen molar-refractivity contribution in [3.8, 4) is 0 Å². The number of aromatic nitrogens is 2. The molecule has 0 unspecified atom stereocenters. The molecule has 23 heavy (non-hydrogen) atoms. The van der Waals surface area contributed by atoms with Crippen molar-refractivity contribution in [1.82, 2.24) is 9.13 Å². The Morgan fingerprint density at radius 2 is 1.57 bits per heavy atom. The van der Waals surface area contributed by atoms with E-state index in [-0.39, 0.29) is 0 Å². The molecular weight excluding hydrogens is 280 g/mol. The van der Waals surface area contributed by atoms with Gasteiger partial charge in [0.1, 0.15) is 0 Å². The van der Waals surface area contributed by atoms with E-state index in [2.05, 4.69) is 85.3 Å². The zero-order valence-electron chi connectivity index (χ0n) is 13.8. The van der Waals surface area contributed by atoms with Crippen LogP contribution in [-0.2, 0) is 14.1 Å². The van der Waals surface area contributed by atoms with Crippen LogP contribution in [0, 0.1) is 0 Å². The summed E-state index contributed by atoms with van der Waals surface area (Å²) in [6, 6.07) is 13.2. The van der Waals surface area contributed by atoms with Crippen molar-refractivity contribution in [2.75, 3.05) is 0 Å². The minimum absolute atomic E-state index is 1.20. The summed E-state index contributed by atoms with van der Waals surface area (Å²) in [5.74, 6) is 0. The number of hydrogen-bond donors (Lipinski definition) is 0. The summed E-state index contributed by atoms with van der Waals surface area (Å²) >= 11 is 0. The van der Waals surface area contributed by atoms with Gasteiger partial charge in [-0.15, -0.1) is 0 Å². The lowest BCUT2D eigenvalue weighted by molar-refractivity contribution is 0.953. The fraction of sp³-hybridized carbons (Fsp3) is 0.143. The van der Waals surface area contributed by atoms with Gasteiger partial charge in [-0.2, -0.15) is 0 Å². The fourth-order valence-corrected chi connectivity index (χ4v) is 3.71. The molecule has 2 heteroatoms. The Morgan fingerprint density at radius 1 is 0.870 bits per heavy atom. The van der Waals surface area contributed by atoms with E-state index < -0.39 is 0 Å². The first-order valence-electron chi connectivity index (χ1n) is 7.92. The normalized spacial score (nSPS) is 12.1. The van der Waals surface area contributed by atoms with Gasteiger partial charge in [0.05, 0.1) is 0 Å². The Kier molecular flexibility index (Phi) is 2.95. The van der Waals surface area contributed by atoms with E-state index in [1.165, 1.54) is 44.0 Å². The molecule has 0 aliphatic carbocycles. The van der Waals surface area contributed by atoms with Gasteiger partial charge >= 0.3 is 0 Å². The fourth-order valence-electron chi connectivity index (χ4n) is 3.71. The number of benzene rings is 2. The summed E-state index contributed by atoms with van der Waals surface area (Å²) in [6.45, 7) is 6.08. The minimum atomic E-state index is 1.20. The van der Waals surface area contributed by atoms with Crippen LogP contribution in [0.4, 0.5) is 0 Å². The molecule has 0 aliphatic rings. The van der Waals surface area contributed by atoms with Gasteiger partial charge in [0.2, 0.25) is 0 Å². The van der Waals surface area contributed by atoms with Crippen LogP contribution in [0.25, 0.3) is 44.9 Å². The molecule has 2 aromatic carbocycles. The van der Waals surface area contributed by atoms with Crippen molar-refractivity contribution in [2.45, 2.75) is 6.92 Å². The highest BCUT2D eigenvalue weighted by Crippen LogP contribution is 2.35. The first kappa shape index (κ1) is 13.9. The molecular formula is C21H20N2. The third kappa shape index (κ3) is 1.75. The Balaban J connectivity index is 2.25. The van der Waals surface area contributed by atoms with Crippen LogP contribution in [0.3, 0.4) is 0 Å². The molecule has 2 heterocycles. The number of hydrogen-bond acceptors (Lipinski definition) is 0.